The Labute approximate surface area is 125 Å². The highest BCUT2D eigenvalue weighted by atomic mass is 32.2. The van der Waals surface area contributed by atoms with Gasteiger partial charge in [0.05, 0.1) is 6.20 Å². The summed E-state index contributed by atoms with van der Waals surface area (Å²) in [5.41, 5.74) is 0.638. The molecule has 0 saturated carbocycles. The van der Waals surface area contributed by atoms with Crippen molar-refractivity contribution in [3.8, 4) is 0 Å². The summed E-state index contributed by atoms with van der Waals surface area (Å²) in [6.07, 6.45) is 5.45. The first kappa shape index (κ1) is 13.4. The van der Waals surface area contributed by atoms with E-state index < -0.39 is 15.4 Å². The van der Waals surface area contributed by atoms with Crippen molar-refractivity contribution in [2.75, 3.05) is 18.0 Å². The van der Waals surface area contributed by atoms with E-state index in [0.717, 1.165) is 22.0 Å². The van der Waals surface area contributed by atoms with Crippen LogP contribution in [-0.2, 0) is 10.1 Å². The molecule has 8 nitrogen and oxygen atoms in total. The van der Waals surface area contributed by atoms with E-state index in [1.54, 1.807) is 18.6 Å². The zero-order valence-corrected chi connectivity index (χ0v) is 12.3. The van der Waals surface area contributed by atoms with Crippen LogP contribution in [-0.4, -0.2) is 51.5 Å². The molecule has 1 aliphatic rings. The molecule has 0 spiro atoms. The first-order valence-corrected chi connectivity index (χ1v) is 8.32. The molecule has 0 radical (unpaired) electrons. The number of aromatic amines is 1. The lowest BCUT2D eigenvalue weighted by Gasteiger charge is -2.19. The molecule has 1 aliphatic heterocycles. The maximum absolute atomic E-state index is 11.3. The summed E-state index contributed by atoms with van der Waals surface area (Å²) in [7, 11) is -4.03. The predicted octanol–water partition coefficient (Wildman–Crippen LogP) is 0.973. The van der Waals surface area contributed by atoms with Crippen LogP contribution in [0.1, 0.15) is 6.42 Å². The number of nitrogens with one attached hydrogen (secondary N) is 1. The Morgan fingerprint density at radius 2 is 2.18 bits per heavy atom. The molecule has 9 heteroatoms. The number of H-pyrrole nitrogens is 1. The first-order valence-electron chi connectivity index (χ1n) is 6.82. The third-order valence-electron chi connectivity index (χ3n) is 4.06. The predicted molar refractivity (Wildman–Crippen MR) is 81.4 cm³/mol. The van der Waals surface area contributed by atoms with Crippen LogP contribution in [0.15, 0.2) is 24.7 Å². The molecule has 0 bridgehead atoms. The monoisotopic (exact) mass is 319 g/mol. The minimum Gasteiger partial charge on any atom is -0.355 e. The molecule has 4 rings (SSSR count). The highest BCUT2D eigenvalue weighted by molar-refractivity contribution is 7.86. The standard InChI is InChI=1S/C13H13N5O3S/c19-22(20,21)9-2-4-18(7-9)13-11-8(6-16-17-13)5-15-12-10(11)1-3-14-12/h1,3,5-6,9,17H,2,4,7H2,(H,19,20,21). The number of hydrogen-bond acceptors (Lipinski definition) is 6. The molecule has 22 heavy (non-hydrogen) atoms. The van der Waals surface area contributed by atoms with Crippen molar-refractivity contribution >= 4 is 37.7 Å². The highest BCUT2D eigenvalue weighted by Gasteiger charge is 2.33. The fourth-order valence-electron chi connectivity index (χ4n) is 2.96. The van der Waals surface area contributed by atoms with Crippen molar-refractivity contribution in [3.63, 3.8) is 0 Å². The Hall–Kier alpha value is -2.26. The molecule has 3 aromatic heterocycles. The highest BCUT2D eigenvalue weighted by Crippen LogP contribution is 2.32. The van der Waals surface area contributed by atoms with Crippen molar-refractivity contribution in [2.24, 2.45) is 0 Å². The number of pyridine rings is 1. The Bertz CT molecular complexity index is 968. The van der Waals surface area contributed by atoms with Crippen LogP contribution in [0.3, 0.4) is 0 Å². The minimum absolute atomic E-state index is 0.230. The third-order valence-corrected chi connectivity index (χ3v) is 5.28. The second kappa shape index (κ2) is 4.62. The molecule has 114 valence electrons. The van der Waals surface area contributed by atoms with Crippen LogP contribution in [0.4, 0.5) is 5.82 Å². The summed E-state index contributed by atoms with van der Waals surface area (Å²) in [5.74, 6) is 0.726. The van der Waals surface area contributed by atoms with Gasteiger partial charge in [-0.1, -0.05) is 0 Å². The van der Waals surface area contributed by atoms with E-state index in [4.69, 9.17) is 0 Å². The van der Waals surface area contributed by atoms with Crippen molar-refractivity contribution in [3.05, 3.63) is 24.7 Å². The van der Waals surface area contributed by atoms with Gasteiger partial charge in [-0.15, -0.1) is 0 Å². The van der Waals surface area contributed by atoms with E-state index in [1.165, 1.54) is 0 Å². The smallest absolute Gasteiger partial charge is 0.269 e. The van der Waals surface area contributed by atoms with E-state index in [9.17, 15) is 13.0 Å². The Balaban J connectivity index is 1.87. The fourth-order valence-corrected chi connectivity index (χ4v) is 3.73. The number of aromatic nitrogens is 4. The van der Waals surface area contributed by atoms with Crippen molar-refractivity contribution < 1.29 is 13.0 Å². The Morgan fingerprint density at radius 1 is 1.32 bits per heavy atom. The summed E-state index contributed by atoms with van der Waals surface area (Å²) < 4.78 is 31.9. The summed E-state index contributed by atoms with van der Waals surface area (Å²) in [4.78, 5) is 10.4. The molecule has 1 atom stereocenters. The van der Waals surface area contributed by atoms with Crippen LogP contribution in [0.5, 0.6) is 0 Å². The SMILES string of the molecule is O=S(=O)(O)C1CCN(c2[nH]ncc3cnc4nccc4c23)C1. The molecule has 0 aromatic carbocycles. The number of hydrogen-bond donors (Lipinski definition) is 2. The number of fused-ring (bicyclic) bond motifs is 3. The van der Waals surface area contributed by atoms with Gasteiger partial charge in [-0.25, -0.2) is 9.97 Å². The largest absolute Gasteiger partial charge is 0.355 e. The zero-order chi connectivity index (χ0) is 15.3. The summed E-state index contributed by atoms with van der Waals surface area (Å²) in [6.45, 7) is 0.758. The second-order valence-corrected chi connectivity index (χ2v) is 7.06. The van der Waals surface area contributed by atoms with Crippen LogP contribution in [0, 0.1) is 0 Å². The normalized spacial score (nSPS) is 19.3. The molecule has 2 N–H and O–H groups in total. The first-order chi connectivity index (χ1) is 10.5. The minimum atomic E-state index is -4.03. The van der Waals surface area contributed by atoms with Crippen molar-refractivity contribution in [2.45, 2.75) is 11.7 Å². The quantitative estimate of drug-likeness (QED) is 0.677. The average Bonchev–Trinajstić information content (AvgIpc) is 3.15. The van der Waals surface area contributed by atoms with Gasteiger partial charge in [0.15, 0.2) is 5.65 Å². The van der Waals surface area contributed by atoms with Gasteiger partial charge in [-0.05, 0) is 12.5 Å². The van der Waals surface area contributed by atoms with Gasteiger partial charge in [-0.2, -0.15) is 13.5 Å². The van der Waals surface area contributed by atoms with Gasteiger partial charge in [0.25, 0.3) is 10.1 Å². The Morgan fingerprint density at radius 3 is 2.95 bits per heavy atom. The van der Waals surface area contributed by atoms with Crippen molar-refractivity contribution in [1.29, 1.82) is 0 Å². The molecular formula is C13H13N5O3S. The molecule has 3 aromatic rings. The van der Waals surface area contributed by atoms with Gasteiger partial charge in [0.1, 0.15) is 11.1 Å². The second-order valence-electron chi connectivity index (χ2n) is 5.36. The molecule has 1 unspecified atom stereocenters. The van der Waals surface area contributed by atoms with Gasteiger partial charge in [0.2, 0.25) is 0 Å². The van der Waals surface area contributed by atoms with Crippen molar-refractivity contribution in [1.82, 2.24) is 20.2 Å². The summed E-state index contributed by atoms with van der Waals surface area (Å²) in [5, 5.41) is 8.93. The summed E-state index contributed by atoms with van der Waals surface area (Å²) >= 11 is 0. The third kappa shape index (κ3) is 2.01. The maximum atomic E-state index is 11.3. The van der Waals surface area contributed by atoms with Gasteiger partial charge in [0, 0.05) is 41.6 Å². The van der Waals surface area contributed by atoms with E-state index in [0.29, 0.717) is 18.6 Å². The van der Waals surface area contributed by atoms with Crippen LogP contribution < -0.4 is 4.90 Å². The van der Waals surface area contributed by atoms with Gasteiger partial charge < -0.3 is 4.90 Å². The summed E-state index contributed by atoms with van der Waals surface area (Å²) in [6, 6.07) is 1.87. The van der Waals surface area contributed by atoms with Crippen LogP contribution in [0.2, 0.25) is 0 Å². The molecule has 0 amide bonds. The topological polar surface area (TPSA) is 112 Å². The van der Waals surface area contributed by atoms with Gasteiger partial charge in [-0.3, -0.25) is 9.65 Å². The van der Waals surface area contributed by atoms with Crippen LogP contribution >= 0.6 is 0 Å². The van der Waals surface area contributed by atoms with E-state index in [-0.39, 0.29) is 6.54 Å². The zero-order valence-electron chi connectivity index (χ0n) is 11.5. The van der Waals surface area contributed by atoms with E-state index in [2.05, 4.69) is 20.2 Å². The molecule has 1 saturated heterocycles. The number of rotatable bonds is 2. The molecule has 1 fully saturated rings. The lowest BCUT2D eigenvalue weighted by Crippen LogP contribution is -2.27. The lowest BCUT2D eigenvalue weighted by molar-refractivity contribution is 0.470. The van der Waals surface area contributed by atoms with E-state index >= 15 is 0 Å². The van der Waals surface area contributed by atoms with Gasteiger partial charge >= 0.3 is 0 Å². The Kier molecular flexibility index (Phi) is 2.81. The fraction of sp³-hybridized carbons (Fsp3) is 0.308. The van der Waals surface area contributed by atoms with E-state index in [1.807, 2.05) is 11.0 Å². The lowest BCUT2D eigenvalue weighted by atomic mass is 10.1. The molecule has 0 aliphatic carbocycles. The maximum Gasteiger partial charge on any atom is 0.269 e. The molecular weight excluding hydrogens is 306 g/mol. The number of anilines is 1. The van der Waals surface area contributed by atoms with Crippen LogP contribution in [0.25, 0.3) is 21.8 Å². The molecule has 4 heterocycles. The average molecular weight is 319 g/mol. The number of nitrogens with zero attached hydrogens (tertiary/aromatic N) is 4.